The van der Waals surface area contributed by atoms with E-state index in [1.54, 1.807) is 87.0 Å². The van der Waals surface area contributed by atoms with Crippen LogP contribution in [0.4, 0.5) is 11.4 Å². The summed E-state index contributed by atoms with van der Waals surface area (Å²) in [6.45, 7) is 2.08. The van der Waals surface area contributed by atoms with E-state index in [4.69, 9.17) is 9.47 Å². The average molecular weight is 547 g/mol. The molecule has 0 spiro atoms. The Hall–Kier alpha value is -4.54. The molecule has 4 amide bonds. The van der Waals surface area contributed by atoms with Crippen molar-refractivity contribution in [1.82, 2.24) is 10.6 Å². The SMILES string of the molecule is COCCCNC(=O)c1cccc(NC(=O)c2ccc(C(=O)Nc3cccc(C(=O)NCCCOC)c3)cc2)c1. The summed E-state index contributed by atoms with van der Waals surface area (Å²) >= 11 is 0. The number of methoxy groups -OCH3 is 2. The fourth-order valence-electron chi connectivity index (χ4n) is 3.70. The zero-order valence-electron chi connectivity index (χ0n) is 22.6. The van der Waals surface area contributed by atoms with Crippen LogP contribution in [-0.2, 0) is 9.47 Å². The van der Waals surface area contributed by atoms with Gasteiger partial charge in [-0.1, -0.05) is 12.1 Å². The number of hydrogen-bond donors (Lipinski definition) is 4. The van der Waals surface area contributed by atoms with E-state index >= 15 is 0 Å². The fourth-order valence-corrected chi connectivity index (χ4v) is 3.70. The number of carbonyl (C=O) groups excluding carboxylic acids is 4. The first-order valence-electron chi connectivity index (χ1n) is 12.9. The van der Waals surface area contributed by atoms with Crippen LogP contribution in [0.15, 0.2) is 72.8 Å². The zero-order chi connectivity index (χ0) is 28.7. The van der Waals surface area contributed by atoms with E-state index in [9.17, 15) is 19.2 Å². The number of ether oxygens (including phenoxy) is 2. The van der Waals surface area contributed by atoms with Gasteiger partial charge in [-0.3, -0.25) is 19.2 Å². The minimum absolute atomic E-state index is 0.240. The number of anilines is 2. The molecular weight excluding hydrogens is 512 g/mol. The van der Waals surface area contributed by atoms with Crippen LogP contribution in [0.1, 0.15) is 54.3 Å². The van der Waals surface area contributed by atoms with Gasteiger partial charge in [0.2, 0.25) is 0 Å². The molecule has 0 heterocycles. The van der Waals surface area contributed by atoms with Gasteiger partial charge in [0.1, 0.15) is 0 Å². The van der Waals surface area contributed by atoms with Crippen molar-refractivity contribution in [3.8, 4) is 0 Å². The highest BCUT2D eigenvalue weighted by Crippen LogP contribution is 2.15. The van der Waals surface area contributed by atoms with E-state index in [0.29, 0.717) is 72.8 Å². The Morgan fingerprint density at radius 2 is 0.950 bits per heavy atom. The zero-order valence-corrected chi connectivity index (χ0v) is 22.6. The van der Waals surface area contributed by atoms with Crippen LogP contribution >= 0.6 is 0 Å². The molecule has 0 fully saturated rings. The molecule has 0 aromatic heterocycles. The molecule has 3 rings (SSSR count). The van der Waals surface area contributed by atoms with Gasteiger partial charge in [-0.25, -0.2) is 0 Å². The third-order valence-corrected chi connectivity index (χ3v) is 5.80. The van der Waals surface area contributed by atoms with Gasteiger partial charge in [-0.05, 0) is 73.5 Å². The first kappa shape index (κ1) is 30.0. The average Bonchev–Trinajstić information content (AvgIpc) is 2.97. The number of carbonyl (C=O) groups is 4. The van der Waals surface area contributed by atoms with Crippen molar-refractivity contribution < 1.29 is 28.7 Å². The highest BCUT2D eigenvalue weighted by Gasteiger charge is 2.12. The molecule has 0 bridgehead atoms. The number of benzene rings is 3. The van der Waals surface area contributed by atoms with Crippen molar-refractivity contribution in [2.24, 2.45) is 0 Å². The lowest BCUT2D eigenvalue weighted by molar-refractivity contribution is 0.0940. The van der Waals surface area contributed by atoms with Crippen LogP contribution in [0.2, 0.25) is 0 Å². The predicted molar refractivity (Wildman–Crippen MR) is 153 cm³/mol. The Labute approximate surface area is 233 Å². The van der Waals surface area contributed by atoms with E-state index in [-0.39, 0.29) is 23.6 Å². The maximum absolute atomic E-state index is 12.8. The summed E-state index contributed by atoms with van der Waals surface area (Å²) in [6, 6.07) is 19.4. The van der Waals surface area contributed by atoms with Gasteiger partial charge in [0.25, 0.3) is 23.6 Å². The Kier molecular flexibility index (Phi) is 11.8. The second kappa shape index (κ2) is 15.8. The molecule has 3 aromatic carbocycles. The largest absolute Gasteiger partial charge is 0.385 e. The smallest absolute Gasteiger partial charge is 0.255 e. The minimum Gasteiger partial charge on any atom is -0.385 e. The molecule has 0 atom stereocenters. The topological polar surface area (TPSA) is 135 Å². The predicted octanol–water partition coefficient (Wildman–Crippen LogP) is 3.72. The first-order valence-corrected chi connectivity index (χ1v) is 12.9. The number of amides is 4. The van der Waals surface area contributed by atoms with Crippen molar-refractivity contribution in [3.63, 3.8) is 0 Å². The number of nitrogens with one attached hydrogen (secondary N) is 4. The Bertz CT molecular complexity index is 1210. The Balaban J connectivity index is 1.56. The van der Waals surface area contributed by atoms with Gasteiger partial charge < -0.3 is 30.7 Å². The van der Waals surface area contributed by atoms with Gasteiger partial charge in [0.15, 0.2) is 0 Å². The highest BCUT2D eigenvalue weighted by molar-refractivity contribution is 6.08. The van der Waals surface area contributed by atoms with Crippen LogP contribution in [0, 0.1) is 0 Å². The summed E-state index contributed by atoms with van der Waals surface area (Å²) in [7, 11) is 3.21. The lowest BCUT2D eigenvalue weighted by Gasteiger charge is -2.10. The molecule has 3 aromatic rings. The van der Waals surface area contributed by atoms with Crippen molar-refractivity contribution >= 4 is 35.0 Å². The maximum Gasteiger partial charge on any atom is 0.255 e. The monoisotopic (exact) mass is 546 g/mol. The normalized spacial score (nSPS) is 10.4. The quantitative estimate of drug-likeness (QED) is 0.228. The van der Waals surface area contributed by atoms with Crippen molar-refractivity contribution in [1.29, 1.82) is 0 Å². The van der Waals surface area contributed by atoms with Crippen molar-refractivity contribution in [2.75, 3.05) is 51.2 Å². The standard InChI is InChI=1S/C30H34N4O6/c1-39-17-5-15-31-27(35)23-7-3-9-25(19-23)33-29(37)21-11-13-22(14-12-21)30(38)34-26-10-4-8-24(20-26)28(36)32-16-6-18-40-2/h3-4,7-14,19-20H,5-6,15-18H2,1-2H3,(H,31,35)(H,32,36)(H,33,37)(H,34,38). The van der Waals surface area contributed by atoms with Crippen molar-refractivity contribution in [2.45, 2.75) is 12.8 Å². The van der Waals surface area contributed by atoms with Gasteiger partial charge in [0, 0.05) is 74.2 Å². The number of rotatable bonds is 14. The summed E-state index contributed by atoms with van der Waals surface area (Å²) in [6.07, 6.45) is 1.40. The molecule has 0 aliphatic rings. The van der Waals surface area contributed by atoms with Crippen LogP contribution in [0.25, 0.3) is 0 Å². The second-order valence-electron chi connectivity index (χ2n) is 8.85. The summed E-state index contributed by atoms with van der Waals surface area (Å²) in [5.41, 5.74) is 2.49. The molecule has 210 valence electrons. The second-order valence-corrected chi connectivity index (χ2v) is 8.85. The first-order chi connectivity index (χ1) is 19.4. The van der Waals surface area contributed by atoms with Gasteiger partial charge in [0.05, 0.1) is 0 Å². The van der Waals surface area contributed by atoms with Gasteiger partial charge in [-0.2, -0.15) is 0 Å². The molecule has 4 N–H and O–H groups in total. The van der Waals surface area contributed by atoms with Crippen LogP contribution in [0.5, 0.6) is 0 Å². The molecule has 10 nitrogen and oxygen atoms in total. The minimum atomic E-state index is -0.381. The van der Waals surface area contributed by atoms with E-state index in [0.717, 1.165) is 0 Å². The third kappa shape index (κ3) is 9.33. The third-order valence-electron chi connectivity index (χ3n) is 5.80. The molecule has 0 saturated carbocycles. The Morgan fingerprint density at radius 3 is 1.32 bits per heavy atom. The van der Waals surface area contributed by atoms with E-state index < -0.39 is 0 Å². The maximum atomic E-state index is 12.8. The summed E-state index contributed by atoms with van der Waals surface area (Å²) in [5.74, 6) is -1.24. The molecule has 0 radical (unpaired) electrons. The highest BCUT2D eigenvalue weighted by atomic mass is 16.5. The molecule has 40 heavy (non-hydrogen) atoms. The lowest BCUT2D eigenvalue weighted by Crippen LogP contribution is -2.25. The van der Waals surface area contributed by atoms with E-state index in [2.05, 4.69) is 21.3 Å². The van der Waals surface area contributed by atoms with Crippen LogP contribution in [-0.4, -0.2) is 64.2 Å². The lowest BCUT2D eigenvalue weighted by atomic mass is 10.1. The van der Waals surface area contributed by atoms with Crippen LogP contribution in [0.3, 0.4) is 0 Å². The molecule has 0 aliphatic carbocycles. The molecular formula is C30H34N4O6. The van der Waals surface area contributed by atoms with Gasteiger partial charge in [-0.15, -0.1) is 0 Å². The summed E-state index contributed by atoms with van der Waals surface area (Å²) in [4.78, 5) is 50.2. The number of hydrogen-bond acceptors (Lipinski definition) is 6. The molecule has 0 aliphatic heterocycles. The summed E-state index contributed by atoms with van der Waals surface area (Å²) in [5, 5.41) is 11.2. The molecule has 0 unspecified atom stereocenters. The van der Waals surface area contributed by atoms with Crippen LogP contribution < -0.4 is 21.3 Å². The molecule has 10 heteroatoms. The summed E-state index contributed by atoms with van der Waals surface area (Å²) < 4.78 is 9.95. The van der Waals surface area contributed by atoms with E-state index in [1.807, 2.05) is 0 Å². The Morgan fingerprint density at radius 1 is 0.550 bits per heavy atom. The van der Waals surface area contributed by atoms with Crippen molar-refractivity contribution in [3.05, 3.63) is 95.1 Å². The van der Waals surface area contributed by atoms with Gasteiger partial charge >= 0.3 is 0 Å². The molecule has 0 saturated heterocycles. The fraction of sp³-hybridized carbons (Fsp3) is 0.267. The van der Waals surface area contributed by atoms with E-state index in [1.165, 1.54) is 0 Å².